The maximum atomic E-state index is 10.3. The summed E-state index contributed by atoms with van der Waals surface area (Å²) in [5, 5.41) is 10.3. The second-order valence-electron chi connectivity index (χ2n) is 4.04. The van der Waals surface area contributed by atoms with Crippen LogP contribution in [0.4, 0.5) is 0 Å². The Morgan fingerprint density at radius 1 is 1.33 bits per heavy atom. The molecular formula is C14H17NO2S. The minimum atomic E-state index is -0.572. The molecule has 0 saturated heterocycles. The Morgan fingerprint density at radius 3 is 2.78 bits per heavy atom. The number of pyridine rings is 1. The molecule has 0 bridgehead atoms. The smallest absolute Gasteiger partial charge is 0.218 e. The average Bonchev–Trinajstić information content (AvgIpc) is 2.86. The zero-order valence-electron chi connectivity index (χ0n) is 10.6. The normalized spacial score (nSPS) is 12.4. The summed E-state index contributed by atoms with van der Waals surface area (Å²) in [5.74, 6) is 0.497. The zero-order chi connectivity index (χ0) is 13.0. The van der Waals surface area contributed by atoms with E-state index in [4.69, 9.17) is 4.74 Å². The molecule has 2 aromatic rings. The summed E-state index contributed by atoms with van der Waals surface area (Å²) in [4.78, 5) is 6.63. The van der Waals surface area contributed by atoms with Crippen LogP contribution in [0.2, 0.25) is 0 Å². The monoisotopic (exact) mass is 263 g/mol. The van der Waals surface area contributed by atoms with Gasteiger partial charge in [-0.2, -0.15) is 0 Å². The van der Waals surface area contributed by atoms with Crippen molar-refractivity contribution in [3.05, 3.63) is 45.8 Å². The Labute approximate surface area is 111 Å². The van der Waals surface area contributed by atoms with Crippen LogP contribution in [0.25, 0.3) is 0 Å². The van der Waals surface area contributed by atoms with E-state index in [2.05, 4.69) is 24.0 Å². The van der Waals surface area contributed by atoms with Crippen LogP contribution < -0.4 is 4.74 Å². The van der Waals surface area contributed by atoms with Crippen LogP contribution in [0.5, 0.6) is 5.88 Å². The van der Waals surface area contributed by atoms with Crippen molar-refractivity contribution >= 4 is 11.3 Å². The standard InChI is InChI=1S/C14H17NO2S/c1-3-10-6-7-11(18-10)9-13(16)12-5-4-8-15-14(12)17-2/h4-8,13,16H,3,9H2,1-2H3. The van der Waals surface area contributed by atoms with Gasteiger partial charge in [-0.1, -0.05) is 6.92 Å². The highest BCUT2D eigenvalue weighted by Gasteiger charge is 2.15. The van der Waals surface area contributed by atoms with Crippen LogP contribution in [0, 0.1) is 0 Å². The second-order valence-corrected chi connectivity index (χ2v) is 5.30. The molecule has 3 nitrogen and oxygen atoms in total. The van der Waals surface area contributed by atoms with Crippen molar-refractivity contribution < 1.29 is 9.84 Å². The molecule has 0 radical (unpaired) electrons. The van der Waals surface area contributed by atoms with Gasteiger partial charge in [0.2, 0.25) is 5.88 Å². The summed E-state index contributed by atoms with van der Waals surface area (Å²) in [7, 11) is 1.57. The van der Waals surface area contributed by atoms with Crippen molar-refractivity contribution in [2.75, 3.05) is 7.11 Å². The summed E-state index contributed by atoms with van der Waals surface area (Å²) >= 11 is 1.75. The maximum absolute atomic E-state index is 10.3. The number of aliphatic hydroxyl groups excluding tert-OH is 1. The highest BCUT2D eigenvalue weighted by atomic mass is 32.1. The lowest BCUT2D eigenvalue weighted by atomic mass is 10.1. The van der Waals surface area contributed by atoms with Gasteiger partial charge in [0.1, 0.15) is 0 Å². The quantitative estimate of drug-likeness (QED) is 0.901. The topological polar surface area (TPSA) is 42.4 Å². The van der Waals surface area contributed by atoms with Crippen LogP contribution >= 0.6 is 11.3 Å². The van der Waals surface area contributed by atoms with Gasteiger partial charge < -0.3 is 9.84 Å². The second kappa shape index (κ2) is 5.98. The summed E-state index contributed by atoms with van der Waals surface area (Å²) in [6, 6.07) is 7.86. The van der Waals surface area contributed by atoms with Gasteiger partial charge in [-0.05, 0) is 30.7 Å². The highest BCUT2D eigenvalue weighted by Crippen LogP contribution is 2.28. The Bertz CT molecular complexity index is 510. The van der Waals surface area contributed by atoms with Gasteiger partial charge in [-0.25, -0.2) is 4.98 Å². The molecule has 0 amide bonds. The molecule has 2 rings (SSSR count). The van der Waals surface area contributed by atoms with E-state index in [1.807, 2.05) is 12.1 Å². The lowest BCUT2D eigenvalue weighted by Gasteiger charge is -2.12. The van der Waals surface area contributed by atoms with E-state index in [9.17, 15) is 5.11 Å². The number of ether oxygens (including phenoxy) is 1. The van der Waals surface area contributed by atoms with Crippen LogP contribution in [0.1, 0.15) is 28.3 Å². The molecule has 0 aliphatic rings. The number of aromatic nitrogens is 1. The molecule has 0 saturated carbocycles. The molecule has 0 spiro atoms. The van der Waals surface area contributed by atoms with Crippen molar-refractivity contribution in [2.45, 2.75) is 25.9 Å². The largest absolute Gasteiger partial charge is 0.481 e. The Balaban J connectivity index is 2.13. The third-order valence-electron chi connectivity index (χ3n) is 2.81. The number of thiophene rings is 1. The molecule has 1 unspecified atom stereocenters. The first-order valence-corrected chi connectivity index (χ1v) is 6.80. The summed E-state index contributed by atoms with van der Waals surface area (Å²) in [6.07, 6.45) is 2.73. The minimum absolute atomic E-state index is 0.497. The predicted molar refractivity (Wildman–Crippen MR) is 73.1 cm³/mol. The molecule has 1 atom stereocenters. The Kier molecular flexibility index (Phi) is 4.33. The first-order chi connectivity index (χ1) is 8.74. The van der Waals surface area contributed by atoms with Crippen molar-refractivity contribution in [1.82, 2.24) is 4.98 Å². The number of nitrogens with zero attached hydrogens (tertiary/aromatic N) is 1. The van der Waals surface area contributed by atoms with Crippen molar-refractivity contribution in [1.29, 1.82) is 0 Å². The Morgan fingerprint density at radius 2 is 2.11 bits per heavy atom. The van der Waals surface area contributed by atoms with Gasteiger partial charge in [-0.3, -0.25) is 0 Å². The fourth-order valence-corrected chi connectivity index (χ4v) is 2.84. The molecule has 96 valence electrons. The van der Waals surface area contributed by atoms with Crippen LogP contribution in [-0.2, 0) is 12.8 Å². The molecule has 2 aromatic heterocycles. The zero-order valence-corrected chi connectivity index (χ0v) is 11.4. The van der Waals surface area contributed by atoms with Crippen molar-refractivity contribution in [2.24, 2.45) is 0 Å². The Hall–Kier alpha value is -1.39. The van der Waals surface area contributed by atoms with E-state index < -0.39 is 6.10 Å². The van der Waals surface area contributed by atoms with Gasteiger partial charge >= 0.3 is 0 Å². The number of hydrogen-bond donors (Lipinski definition) is 1. The number of rotatable bonds is 5. The number of aryl methyl sites for hydroxylation is 1. The third-order valence-corrected chi connectivity index (χ3v) is 4.07. The van der Waals surface area contributed by atoms with Crippen LogP contribution in [-0.4, -0.2) is 17.2 Å². The molecule has 0 fully saturated rings. The maximum Gasteiger partial charge on any atom is 0.218 e. The number of hydrogen-bond acceptors (Lipinski definition) is 4. The van der Waals surface area contributed by atoms with E-state index in [-0.39, 0.29) is 0 Å². The fraction of sp³-hybridized carbons (Fsp3) is 0.357. The van der Waals surface area contributed by atoms with Crippen LogP contribution in [0.15, 0.2) is 30.5 Å². The van der Waals surface area contributed by atoms with Gasteiger partial charge in [0.15, 0.2) is 0 Å². The molecule has 18 heavy (non-hydrogen) atoms. The summed E-state index contributed by atoms with van der Waals surface area (Å²) < 4.78 is 5.16. The van der Waals surface area contributed by atoms with E-state index in [0.29, 0.717) is 12.3 Å². The first-order valence-electron chi connectivity index (χ1n) is 5.99. The third kappa shape index (κ3) is 2.89. The molecule has 4 heteroatoms. The van der Waals surface area contributed by atoms with Gasteiger partial charge in [0.05, 0.1) is 13.2 Å². The summed E-state index contributed by atoms with van der Waals surface area (Å²) in [6.45, 7) is 2.14. The van der Waals surface area contributed by atoms with Crippen molar-refractivity contribution in [3.8, 4) is 5.88 Å². The molecule has 1 N–H and O–H groups in total. The van der Waals surface area contributed by atoms with Gasteiger partial charge in [-0.15, -0.1) is 11.3 Å². The average molecular weight is 263 g/mol. The van der Waals surface area contributed by atoms with Crippen LogP contribution in [0.3, 0.4) is 0 Å². The molecule has 0 aliphatic heterocycles. The first kappa shape index (κ1) is 13.1. The molecule has 2 heterocycles. The van der Waals surface area contributed by atoms with E-state index in [1.54, 1.807) is 24.6 Å². The lowest BCUT2D eigenvalue weighted by molar-refractivity contribution is 0.174. The van der Waals surface area contributed by atoms with E-state index in [0.717, 1.165) is 12.0 Å². The number of methoxy groups -OCH3 is 1. The van der Waals surface area contributed by atoms with Crippen molar-refractivity contribution in [3.63, 3.8) is 0 Å². The minimum Gasteiger partial charge on any atom is -0.481 e. The number of aliphatic hydroxyl groups is 1. The lowest BCUT2D eigenvalue weighted by Crippen LogP contribution is -2.04. The predicted octanol–water partition coefficient (Wildman–Crippen LogP) is 2.99. The highest BCUT2D eigenvalue weighted by molar-refractivity contribution is 7.11. The molecule has 0 aliphatic carbocycles. The SMILES string of the molecule is CCc1ccc(CC(O)c2cccnc2OC)s1. The van der Waals surface area contributed by atoms with Gasteiger partial charge in [0.25, 0.3) is 0 Å². The molecular weight excluding hydrogens is 246 g/mol. The van der Waals surface area contributed by atoms with E-state index in [1.165, 1.54) is 9.75 Å². The summed E-state index contributed by atoms with van der Waals surface area (Å²) in [5.41, 5.74) is 0.742. The van der Waals surface area contributed by atoms with E-state index >= 15 is 0 Å². The molecule has 0 aromatic carbocycles. The fourth-order valence-electron chi connectivity index (χ4n) is 1.85. The van der Waals surface area contributed by atoms with Gasteiger partial charge in [0, 0.05) is 27.9 Å².